The van der Waals surface area contributed by atoms with Crippen LogP contribution in [0.4, 0.5) is 0 Å². The van der Waals surface area contributed by atoms with Crippen LogP contribution in [0.2, 0.25) is 0 Å². The van der Waals surface area contributed by atoms with Gasteiger partial charge in [0.25, 0.3) is 0 Å². The van der Waals surface area contributed by atoms with Gasteiger partial charge in [-0.1, -0.05) is 0 Å². The van der Waals surface area contributed by atoms with Crippen molar-refractivity contribution in [3.8, 4) is 0 Å². The second-order valence-electron chi connectivity index (χ2n) is 4.30. The molecular weight excluding hydrogens is 176 g/mol. The molecule has 1 unspecified atom stereocenters. The lowest BCUT2D eigenvalue weighted by Crippen LogP contribution is -2.39. The minimum atomic E-state index is 0.622. The zero-order chi connectivity index (χ0) is 10.4. The topological polar surface area (TPSA) is 24.5 Å². The van der Waals surface area contributed by atoms with E-state index in [1.165, 1.54) is 25.8 Å². The van der Waals surface area contributed by atoms with Gasteiger partial charge in [0.15, 0.2) is 0 Å². The maximum atomic E-state index is 5.36. The van der Waals surface area contributed by atoms with Crippen LogP contribution in [0.5, 0.6) is 0 Å². The predicted octanol–water partition coefficient (Wildman–Crippen LogP) is 1.10. The van der Waals surface area contributed by atoms with Crippen molar-refractivity contribution in [2.24, 2.45) is 0 Å². The van der Waals surface area contributed by atoms with E-state index in [1.807, 2.05) is 7.05 Å². The Morgan fingerprint density at radius 3 is 2.64 bits per heavy atom. The van der Waals surface area contributed by atoms with E-state index in [-0.39, 0.29) is 0 Å². The minimum Gasteiger partial charge on any atom is -0.381 e. The monoisotopic (exact) mass is 200 g/mol. The normalized spacial score (nSPS) is 21.4. The molecule has 1 heterocycles. The van der Waals surface area contributed by atoms with Gasteiger partial charge in [0.2, 0.25) is 0 Å². The maximum absolute atomic E-state index is 5.36. The summed E-state index contributed by atoms with van der Waals surface area (Å²) in [5, 5.41) is 3.27. The van der Waals surface area contributed by atoms with E-state index in [2.05, 4.69) is 24.2 Å². The molecule has 1 rings (SSSR count). The third-order valence-electron chi connectivity index (χ3n) is 3.22. The third kappa shape index (κ3) is 3.95. The molecule has 14 heavy (non-hydrogen) atoms. The van der Waals surface area contributed by atoms with E-state index in [0.29, 0.717) is 6.04 Å². The first-order chi connectivity index (χ1) is 6.74. The van der Waals surface area contributed by atoms with Gasteiger partial charge in [-0.3, -0.25) is 0 Å². The quantitative estimate of drug-likeness (QED) is 0.719. The molecule has 1 fully saturated rings. The van der Waals surface area contributed by atoms with Gasteiger partial charge < -0.3 is 15.0 Å². The summed E-state index contributed by atoms with van der Waals surface area (Å²) < 4.78 is 5.36. The molecule has 0 aliphatic carbocycles. The van der Waals surface area contributed by atoms with Crippen LogP contribution in [-0.2, 0) is 4.74 Å². The predicted molar refractivity (Wildman–Crippen MR) is 59.6 cm³/mol. The third-order valence-corrected chi connectivity index (χ3v) is 3.22. The number of rotatable bonds is 5. The summed E-state index contributed by atoms with van der Waals surface area (Å²) in [6, 6.07) is 1.37. The number of hydrogen-bond donors (Lipinski definition) is 1. The molecule has 84 valence electrons. The second-order valence-corrected chi connectivity index (χ2v) is 4.30. The largest absolute Gasteiger partial charge is 0.381 e. The van der Waals surface area contributed by atoms with Crippen LogP contribution in [0.3, 0.4) is 0 Å². The molecule has 0 aromatic carbocycles. The van der Waals surface area contributed by atoms with E-state index >= 15 is 0 Å². The Morgan fingerprint density at radius 1 is 1.43 bits per heavy atom. The van der Waals surface area contributed by atoms with Crippen molar-refractivity contribution in [1.82, 2.24) is 10.2 Å². The summed E-state index contributed by atoms with van der Waals surface area (Å²) in [5.74, 6) is 0. The SMILES string of the molecule is CNC(C)CCN(C)C1CCOCC1. The molecule has 1 aliphatic rings. The first kappa shape index (κ1) is 12.0. The lowest BCUT2D eigenvalue weighted by atomic mass is 10.1. The van der Waals surface area contributed by atoms with E-state index in [1.54, 1.807) is 0 Å². The lowest BCUT2D eigenvalue weighted by molar-refractivity contribution is 0.0422. The van der Waals surface area contributed by atoms with Crippen LogP contribution < -0.4 is 5.32 Å². The molecule has 0 aromatic rings. The highest BCUT2D eigenvalue weighted by molar-refractivity contribution is 4.73. The van der Waals surface area contributed by atoms with Gasteiger partial charge in [-0.25, -0.2) is 0 Å². The van der Waals surface area contributed by atoms with Crippen molar-refractivity contribution in [2.75, 3.05) is 33.9 Å². The van der Waals surface area contributed by atoms with Crippen LogP contribution in [0.25, 0.3) is 0 Å². The lowest BCUT2D eigenvalue weighted by Gasteiger charge is -2.31. The standard InChI is InChI=1S/C11H24N2O/c1-10(12-2)4-7-13(3)11-5-8-14-9-6-11/h10-12H,4-9H2,1-3H3. The highest BCUT2D eigenvalue weighted by atomic mass is 16.5. The molecule has 0 bridgehead atoms. The summed E-state index contributed by atoms with van der Waals surface area (Å²) in [4.78, 5) is 2.48. The number of nitrogens with one attached hydrogen (secondary N) is 1. The van der Waals surface area contributed by atoms with Gasteiger partial charge in [-0.15, -0.1) is 0 Å². The Balaban J connectivity index is 2.16. The summed E-state index contributed by atoms with van der Waals surface area (Å²) in [5.41, 5.74) is 0. The van der Waals surface area contributed by atoms with Crippen LogP contribution in [-0.4, -0.2) is 50.8 Å². The van der Waals surface area contributed by atoms with E-state index in [0.717, 1.165) is 19.3 Å². The minimum absolute atomic E-state index is 0.622. The molecule has 1 aliphatic heterocycles. The molecule has 0 aromatic heterocycles. The van der Waals surface area contributed by atoms with Crippen molar-refractivity contribution >= 4 is 0 Å². The van der Waals surface area contributed by atoms with Crippen LogP contribution in [0.1, 0.15) is 26.2 Å². The Bertz CT molecular complexity index is 146. The molecule has 3 heteroatoms. The first-order valence-corrected chi connectivity index (χ1v) is 5.69. The van der Waals surface area contributed by atoms with Crippen molar-refractivity contribution in [3.05, 3.63) is 0 Å². The summed E-state index contributed by atoms with van der Waals surface area (Å²) in [6.45, 7) is 5.30. The molecule has 0 radical (unpaired) electrons. The Morgan fingerprint density at radius 2 is 2.07 bits per heavy atom. The van der Waals surface area contributed by atoms with Gasteiger partial charge >= 0.3 is 0 Å². The van der Waals surface area contributed by atoms with Crippen LogP contribution >= 0.6 is 0 Å². The zero-order valence-electron chi connectivity index (χ0n) is 9.75. The smallest absolute Gasteiger partial charge is 0.0480 e. The molecule has 1 atom stereocenters. The summed E-state index contributed by atoms with van der Waals surface area (Å²) >= 11 is 0. The number of hydrogen-bond acceptors (Lipinski definition) is 3. The highest BCUT2D eigenvalue weighted by Crippen LogP contribution is 2.13. The maximum Gasteiger partial charge on any atom is 0.0480 e. The van der Waals surface area contributed by atoms with Crippen molar-refractivity contribution < 1.29 is 4.74 Å². The molecule has 1 N–H and O–H groups in total. The van der Waals surface area contributed by atoms with Crippen molar-refractivity contribution in [2.45, 2.75) is 38.3 Å². The van der Waals surface area contributed by atoms with Gasteiger partial charge in [-0.05, 0) is 46.8 Å². The molecule has 0 saturated carbocycles. The van der Waals surface area contributed by atoms with Crippen LogP contribution in [0, 0.1) is 0 Å². The Labute approximate surface area is 87.8 Å². The Kier molecular flexibility index (Phi) is 5.45. The molecule has 3 nitrogen and oxygen atoms in total. The molecular formula is C11H24N2O. The summed E-state index contributed by atoms with van der Waals surface area (Å²) in [7, 11) is 4.26. The molecule has 0 spiro atoms. The van der Waals surface area contributed by atoms with Gasteiger partial charge in [0, 0.05) is 25.3 Å². The summed E-state index contributed by atoms with van der Waals surface area (Å²) in [6.07, 6.45) is 3.62. The fraction of sp³-hybridized carbons (Fsp3) is 1.00. The fourth-order valence-electron chi connectivity index (χ4n) is 1.85. The zero-order valence-corrected chi connectivity index (χ0v) is 9.75. The Hall–Kier alpha value is -0.120. The molecule has 0 amide bonds. The van der Waals surface area contributed by atoms with Gasteiger partial charge in [0.1, 0.15) is 0 Å². The average molecular weight is 200 g/mol. The molecule has 1 saturated heterocycles. The average Bonchev–Trinajstić information content (AvgIpc) is 2.26. The van der Waals surface area contributed by atoms with Crippen molar-refractivity contribution in [1.29, 1.82) is 0 Å². The van der Waals surface area contributed by atoms with E-state index in [4.69, 9.17) is 4.74 Å². The van der Waals surface area contributed by atoms with E-state index in [9.17, 15) is 0 Å². The first-order valence-electron chi connectivity index (χ1n) is 5.69. The number of nitrogens with zero attached hydrogens (tertiary/aromatic N) is 1. The van der Waals surface area contributed by atoms with Gasteiger partial charge in [0.05, 0.1) is 0 Å². The van der Waals surface area contributed by atoms with Gasteiger partial charge in [-0.2, -0.15) is 0 Å². The second kappa shape index (κ2) is 6.38. The van der Waals surface area contributed by atoms with Crippen LogP contribution in [0.15, 0.2) is 0 Å². The highest BCUT2D eigenvalue weighted by Gasteiger charge is 2.18. The van der Waals surface area contributed by atoms with Crippen molar-refractivity contribution in [3.63, 3.8) is 0 Å². The fourth-order valence-corrected chi connectivity index (χ4v) is 1.85. The number of ether oxygens (including phenoxy) is 1. The van der Waals surface area contributed by atoms with E-state index < -0.39 is 0 Å².